The maximum Gasteiger partial charge on any atom is 0.318 e. The van der Waals surface area contributed by atoms with E-state index >= 15 is 0 Å². The molecule has 6 nitrogen and oxygen atoms in total. The van der Waals surface area contributed by atoms with Crippen LogP contribution in [0.4, 0.5) is 4.79 Å². The molecule has 1 aliphatic rings. The number of amides is 3. The molecule has 1 saturated heterocycles. The maximum atomic E-state index is 12.4. The lowest BCUT2D eigenvalue weighted by molar-refractivity contribution is -0.124. The number of rotatable bonds is 6. The van der Waals surface area contributed by atoms with Gasteiger partial charge in [-0.3, -0.25) is 4.79 Å². The number of likely N-dealkylation sites (tertiary alicyclic amines) is 1. The Morgan fingerprint density at radius 1 is 1.38 bits per heavy atom. The SMILES string of the molecule is CNC(C)CNC(=O)[C@@H]1CCCN1C(=O)NCc1cccc(Br)c1. The van der Waals surface area contributed by atoms with Crippen LogP contribution in [-0.2, 0) is 11.3 Å². The Hall–Kier alpha value is -1.60. The smallest absolute Gasteiger partial charge is 0.318 e. The highest BCUT2D eigenvalue weighted by atomic mass is 79.9. The summed E-state index contributed by atoms with van der Waals surface area (Å²) in [5.41, 5.74) is 1.01. The lowest BCUT2D eigenvalue weighted by atomic mass is 10.2. The summed E-state index contributed by atoms with van der Waals surface area (Å²) in [6.07, 6.45) is 1.56. The Balaban J connectivity index is 1.87. The average molecular weight is 397 g/mol. The second-order valence-electron chi connectivity index (χ2n) is 6.07. The second-order valence-corrected chi connectivity index (χ2v) is 6.99. The van der Waals surface area contributed by atoms with Crippen LogP contribution >= 0.6 is 15.9 Å². The molecule has 24 heavy (non-hydrogen) atoms. The molecule has 0 spiro atoms. The zero-order valence-corrected chi connectivity index (χ0v) is 15.7. The van der Waals surface area contributed by atoms with Crippen molar-refractivity contribution in [1.82, 2.24) is 20.9 Å². The van der Waals surface area contributed by atoms with Crippen molar-refractivity contribution in [3.05, 3.63) is 34.3 Å². The number of hydrogen-bond acceptors (Lipinski definition) is 3. The summed E-state index contributed by atoms with van der Waals surface area (Å²) >= 11 is 3.42. The molecule has 1 aliphatic heterocycles. The molecule has 2 rings (SSSR count). The standard InChI is InChI=1S/C17H25BrN4O2/c1-12(19-2)10-20-16(23)15-7-4-8-22(15)17(24)21-11-13-5-3-6-14(18)9-13/h3,5-6,9,12,15,19H,4,7-8,10-11H2,1-2H3,(H,20,23)(H,21,24)/t12?,15-/m0/s1. The molecule has 0 aliphatic carbocycles. The summed E-state index contributed by atoms with van der Waals surface area (Å²) in [4.78, 5) is 26.4. The van der Waals surface area contributed by atoms with Crippen molar-refractivity contribution < 1.29 is 9.59 Å². The maximum absolute atomic E-state index is 12.4. The molecule has 3 amide bonds. The van der Waals surface area contributed by atoms with Gasteiger partial charge in [-0.05, 0) is 44.5 Å². The number of hydrogen-bond donors (Lipinski definition) is 3. The lowest BCUT2D eigenvalue weighted by Gasteiger charge is -2.25. The van der Waals surface area contributed by atoms with Gasteiger partial charge >= 0.3 is 6.03 Å². The molecule has 0 bridgehead atoms. The van der Waals surface area contributed by atoms with Crippen molar-refractivity contribution in [2.24, 2.45) is 0 Å². The molecule has 0 radical (unpaired) electrons. The molecule has 1 aromatic rings. The summed E-state index contributed by atoms with van der Waals surface area (Å²) in [5.74, 6) is -0.0767. The third-order valence-electron chi connectivity index (χ3n) is 4.22. The number of nitrogens with one attached hydrogen (secondary N) is 3. The minimum atomic E-state index is -0.378. The molecule has 132 valence electrons. The number of benzene rings is 1. The van der Waals surface area contributed by atoms with Gasteiger partial charge in [-0.1, -0.05) is 28.1 Å². The van der Waals surface area contributed by atoms with Crippen molar-refractivity contribution in [2.45, 2.75) is 38.4 Å². The number of likely N-dealkylation sites (N-methyl/N-ethyl adjacent to an activating group) is 1. The Morgan fingerprint density at radius 3 is 2.88 bits per heavy atom. The normalized spacial score (nSPS) is 18.3. The molecular formula is C17H25BrN4O2. The van der Waals surface area contributed by atoms with E-state index in [0.717, 1.165) is 16.5 Å². The van der Waals surface area contributed by atoms with Crippen molar-refractivity contribution >= 4 is 27.9 Å². The van der Waals surface area contributed by atoms with Crippen LogP contribution in [0.25, 0.3) is 0 Å². The molecule has 2 atom stereocenters. The topological polar surface area (TPSA) is 73.5 Å². The first-order valence-corrected chi connectivity index (χ1v) is 9.04. The highest BCUT2D eigenvalue weighted by molar-refractivity contribution is 9.10. The van der Waals surface area contributed by atoms with E-state index in [9.17, 15) is 9.59 Å². The number of halogens is 1. The van der Waals surface area contributed by atoms with E-state index in [1.165, 1.54) is 0 Å². The zero-order chi connectivity index (χ0) is 17.5. The Bertz CT molecular complexity index is 581. The highest BCUT2D eigenvalue weighted by Crippen LogP contribution is 2.18. The molecule has 0 aromatic heterocycles. The minimum Gasteiger partial charge on any atom is -0.353 e. The third kappa shape index (κ3) is 5.21. The third-order valence-corrected chi connectivity index (χ3v) is 4.72. The number of carbonyl (C=O) groups excluding carboxylic acids is 2. The zero-order valence-electron chi connectivity index (χ0n) is 14.1. The van der Waals surface area contributed by atoms with E-state index < -0.39 is 0 Å². The monoisotopic (exact) mass is 396 g/mol. The van der Waals surface area contributed by atoms with Crippen molar-refractivity contribution in [3.63, 3.8) is 0 Å². The van der Waals surface area contributed by atoms with Gasteiger partial charge in [0.15, 0.2) is 0 Å². The molecule has 7 heteroatoms. The fourth-order valence-corrected chi connectivity index (χ4v) is 3.13. The van der Waals surface area contributed by atoms with Crippen molar-refractivity contribution in [1.29, 1.82) is 0 Å². The van der Waals surface area contributed by atoms with Gasteiger partial charge in [0, 0.05) is 30.1 Å². The van der Waals surface area contributed by atoms with Gasteiger partial charge in [0.2, 0.25) is 5.91 Å². The number of nitrogens with zero attached hydrogens (tertiary/aromatic N) is 1. The summed E-state index contributed by atoms with van der Waals surface area (Å²) in [5, 5.41) is 8.89. The van der Waals surface area contributed by atoms with Gasteiger partial charge in [-0.25, -0.2) is 4.79 Å². The summed E-state index contributed by atoms with van der Waals surface area (Å²) in [6.45, 7) is 3.61. The quantitative estimate of drug-likeness (QED) is 0.686. The molecule has 1 heterocycles. The largest absolute Gasteiger partial charge is 0.353 e. The first-order chi connectivity index (χ1) is 11.5. The Morgan fingerprint density at radius 2 is 2.17 bits per heavy atom. The first-order valence-electron chi connectivity index (χ1n) is 8.25. The van der Waals surface area contributed by atoms with Crippen LogP contribution in [-0.4, -0.2) is 49.1 Å². The second kappa shape index (κ2) is 9.03. The van der Waals surface area contributed by atoms with E-state index in [4.69, 9.17) is 0 Å². The van der Waals surface area contributed by atoms with Crippen LogP contribution in [0.5, 0.6) is 0 Å². The van der Waals surface area contributed by atoms with Crippen LogP contribution in [0, 0.1) is 0 Å². The minimum absolute atomic E-state index is 0.0767. The molecular weight excluding hydrogens is 372 g/mol. The van der Waals surface area contributed by atoms with Crippen LogP contribution in [0.2, 0.25) is 0 Å². The molecule has 3 N–H and O–H groups in total. The van der Waals surface area contributed by atoms with E-state index in [2.05, 4.69) is 31.9 Å². The van der Waals surface area contributed by atoms with Gasteiger partial charge < -0.3 is 20.9 Å². The van der Waals surface area contributed by atoms with Gasteiger partial charge in [-0.2, -0.15) is 0 Å². The summed E-state index contributed by atoms with van der Waals surface area (Å²) < 4.78 is 0.978. The van der Waals surface area contributed by atoms with E-state index in [-0.39, 0.29) is 24.0 Å². The van der Waals surface area contributed by atoms with E-state index in [1.807, 2.05) is 38.2 Å². The van der Waals surface area contributed by atoms with Crippen LogP contribution in [0.1, 0.15) is 25.3 Å². The van der Waals surface area contributed by atoms with Gasteiger partial charge in [-0.15, -0.1) is 0 Å². The van der Waals surface area contributed by atoms with Crippen LogP contribution in [0.15, 0.2) is 28.7 Å². The molecule has 0 saturated carbocycles. The van der Waals surface area contributed by atoms with E-state index in [1.54, 1.807) is 4.90 Å². The lowest BCUT2D eigenvalue weighted by Crippen LogP contribution is -2.50. The molecule has 1 aromatic carbocycles. The van der Waals surface area contributed by atoms with Crippen LogP contribution in [0.3, 0.4) is 0 Å². The highest BCUT2D eigenvalue weighted by Gasteiger charge is 2.33. The first kappa shape index (κ1) is 18.7. The predicted molar refractivity (Wildman–Crippen MR) is 97.6 cm³/mol. The number of urea groups is 1. The Kier molecular flexibility index (Phi) is 7.05. The van der Waals surface area contributed by atoms with E-state index in [0.29, 0.717) is 26.1 Å². The van der Waals surface area contributed by atoms with Crippen molar-refractivity contribution in [2.75, 3.05) is 20.1 Å². The summed E-state index contributed by atoms with van der Waals surface area (Å²) in [7, 11) is 1.86. The predicted octanol–water partition coefficient (Wildman–Crippen LogP) is 1.85. The van der Waals surface area contributed by atoms with Gasteiger partial charge in [0.05, 0.1) is 0 Å². The fraction of sp³-hybridized carbons (Fsp3) is 0.529. The molecule has 1 fully saturated rings. The average Bonchev–Trinajstić information content (AvgIpc) is 3.07. The van der Waals surface area contributed by atoms with Crippen molar-refractivity contribution in [3.8, 4) is 0 Å². The Labute approximate surface area is 151 Å². The van der Waals surface area contributed by atoms with Gasteiger partial charge in [0.1, 0.15) is 6.04 Å². The summed E-state index contributed by atoms with van der Waals surface area (Å²) in [6, 6.07) is 7.44. The molecule has 1 unspecified atom stereocenters. The van der Waals surface area contributed by atoms with Gasteiger partial charge in [0.25, 0.3) is 0 Å². The van der Waals surface area contributed by atoms with Crippen LogP contribution < -0.4 is 16.0 Å². The number of carbonyl (C=O) groups is 2. The fourth-order valence-electron chi connectivity index (χ4n) is 2.68.